The van der Waals surface area contributed by atoms with Crippen molar-refractivity contribution in [3.8, 4) is 0 Å². The van der Waals surface area contributed by atoms with Gasteiger partial charge in [-0.1, -0.05) is 36.4 Å². The van der Waals surface area contributed by atoms with Gasteiger partial charge in [0, 0.05) is 70.5 Å². The van der Waals surface area contributed by atoms with Gasteiger partial charge in [-0.3, -0.25) is 0 Å². The minimum absolute atomic E-state index is 0.172. The number of allylic oxidation sites excluding steroid dienone is 3. The highest BCUT2D eigenvalue weighted by atomic mass is 16.7. The summed E-state index contributed by atoms with van der Waals surface area (Å²) in [6, 6.07) is 20.0. The van der Waals surface area contributed by atoms with Gasteiger partial charge in [-0.05, 0) is 73.2 Å². The van der Waals surface area contributed by atoms with Crippen LogP contribution in [0.15, 0.2) is 113 Å². The summed E-state index contributed by atoms with van der Waals surface area (Å²) in [4.78, 5) is 48.8. The molecule has 0 aliphatic carbocycles. The topological polar surface area (TPSA) is 154 Å². The maximum atomic E-state index is 11.9. The second-order valence-corrected chi connectivity index (χ2v) is 13.0. The van der Waals surface area contributed by atoms with Gasteiger partial charge in [-0.2, -0.15) is 0 Å². The molecule has 0 spiro atoms. The molecule has 2 aromatic carbocycles. The number of carbonyl (C=O) groups is 4. The molecule has 12 heteroatoms. The van der Waals surface area contributed by atoms with E-state index >= 15 is 0 Å². The van der Waals surface area contributed by atoms with Crippen molar-refractivity contribution in [2.45, 2.75) is 65.0 Å². The highest BCUT2D eigenvalue weighted by Gasteiger charge is 2.40. The van der Waals surface area contributed by atoms with Crippen LogP contribution < -0.4 is 10.2 Å². The van der Waals surface area contributed by atoms with Crippen molar-refractivity contribution in [1.82, 2.24) is 0 Å². The van der Waals surface area contributed by atoms with Crippen molar-refractivity contribution < 1.29 is 47.6 Å². The number of nitrogens with zero attached hydrogens (tertiary/aromatic N) is 1. The van der Waals surface area contributed by atoms with Gasteiger partial charge in [0.25, 0.3) is 11.6 Å². The normalized spacial score (nSPS) is 18.8. The van der Waals surface area contributed by atoms with Crippen molar-refractivity contribution >= 4 is 41.3 Å². The third-order valence-electron chi connectivity index (χ3n) is 7.99. The van der Waals surface area contributed by atoms with Gasteiger partial charge >= 0.3 is 23.9 Å². The first-order valence-electron chi connectivity index (χ1n) is 16.9. The van der Waals surface area contributed by atoms with Gasteiger partial charge in [0.2, 0.25) is 0 Å². The summed E-state index contributed by atoms with van der Waals surface area (Å²) in [5, 5.41) is 13.4. The first-order valence-corrected chi connectivity index (χ1v) is 16.9. The number of hydrogen-bond acceptors (Lipinski definition) is 12. The number of fused-ring (bicyclic) bond motifs is 2. The van der Waals surface area contributed by atoms with E-state index in [1.54, 1.807) is 18.2 Å². The predicted molar refractivity (Wildman–Crippen MR) is 193 cm³/mol. The molecule has 7 rings (SSSR count). The third kappa shape index (κ3) is 10.0. The number of aliphatic hydroxyl groups is 1. The Hall–Kier alpha value is -6.04. The maximum Gasteiger partial charge on any atom is 0.348 e. The Morgan fingerprint density at radius 1 is 0.750 bits per heavy atom. The number of aryl methyl sites for hydroxylation is 2. The van der Waals surface area contributed by atoms with Crippen LogP contribution >= 0.6 is 0 Å². The molecule has 3 aromatic rings. The van der Waals surface area contributed by atoms with Crippen LogP contribution in [0.3, 0.4) is 0 Å². The fraction of sp³-hybridized carbons (Fsp3) is 0.300. The van der Waals surface area contributed by atoms with E-state index in [0.717, 1.165) is 37.7 Å². The van der Waals surface area contributed by atoms with Gasteiger partial charge < -0.3 is 38.7 Å². The lowest BCUT2D eigenvalue weighted by atomic mass is 10.0. The Morgan fingerprint density at radius 2 is 1.35 bits per heavy atom. The van der Waals surface area contributed by atoms with Gasteiger partial charge in [0.15, 0.2) is 0 Å². The smallest absolute Gasteiger partial charge is 0.348 e. The monoisotopic (exact) mass is 710 g/mol. The van der Waals surface area contributed by atoms with Gasteiger partial charge in [0.05, 0.1) is 6.26 Å². The molecule has 4 aliphatic heterocycles. The molecule has 1 aromatic heterocycles. The summed E-state index contributed by atoms with van der Waals surface area (Å²) in [5.74, 6) is -5.42. The van der Waals surface area contributed by atoms with Gasteiger partial charge in [0.1, 0.15) is 22.7 Å². The number of aliphatic hydroxyl groups excluding tert-OH is 1. The Labute approximate surface area is 302 Å². The Kier molecular flexibility index (Phi) is 11.7. The summed E-state index contributed by atoms with van der Waals surface area (Å²) < 4.78 is 24.8. The molecule has 12 nitrogen and oxygen atoms in total. The van der Waals surface area contributed by atoms with Crippen molar-refractivity contribution in [3.05, 3.63) is 125 Å². The van der Waals surface area contributed by atoms with Gasteiger partial charge in [-0.25, -0.2) is 19.2 Å². The number of benzene rings is 2. The fourth-order valence-electron chi connectivity index (χ4n) is 5.64. The summed E-state index contributed by atoms with van der Waals surface area (Å²) in [5.41, 5.74) is 4.71. The first-order chi connectivity index (χ1) is 24.8. The number of para-hydroxylation sites is 2. The Balaban J connectivity index is 0.000000169. The zero-order chi connectivity index (χ0) is 37.3. The molecule has 0 saturated carbocycles. The number of cyclic esters (lactones) is 4. The van der Waals surface area contributed by atoms with E-state index in [2.05, 4.69) is 46.6 Å². The maximum absolute atomic E-state index is 11.9. The lowest BCUT2D eigenvalue weighted by Gasteiger charge is -2.29. The van der Waals surface area contributed by atoms with Crippen LogP contribution in [0.25, 0.3) is 6.08 Å². The highest BCUT2D eigenvalue weighted by molar-refractivity contribution is 6.18. The van der Waals surface area contributed by atoms with E-state index < -0.39 is 35.5 Å². The van der Waals surface area contributed by atoms with Crippen LogP contribution in [-0.2, 0) is 51.0 Å². The van der Waals surface area contributed by atoms with E-state index in [9.17, 15) is 24.3 Å². The molecule has 0 unspecified atom stereocenters. The van der Waals surface area contributed by atoms with Crippen LogP contribution in [0.1, 0.15) is 57.4 Å². The van der Waals surface area contributed by atoms with Crippen molar-refractivity contribution in [2.75, 3.05) is 23.3 Å². The van der Waals surface area contributed by atoms with Crippen LogP contribution in [0.5, 0.6) is 0 Å². The molecule has 52 heavy (non-hydrogen) atoms. The molecular formula is C40H42N2O10. The quantitative estimate of drug-likeness (QED) is 0.0974. The Bertz CT molecular complexity index is 1850. The standard InChI is InChI=1S/C20H21NO5.C11H10O5.C9H11N/c1-20(2)25-18(23)16(19(24)26-20)13-15(22)9-6-12-21-11-5-8-14-7-3-4-10-17(14)21;1-11(2)15-9(12)8(10(13)16-11)6-7-4-3-5-14-7;1-2-6-9-8(4-1)5-3-7-10-9/h3-4,6-7,9-10,12-13,22H,5,8,11H2,1-2H3;3-6H,1-2H3;1-2,4,6,10H,3,5,7H2/b12-6+,15-9-;;. The fourth-order valence-corrected chi connectivity index (χ4v) is 5.64. The van der Waals surface area contributed by atoms with Crippen LogP contribution in [0, 0.1) is 0 Å². The van der Waals surface area contributed by atoms with Crippen LogP contribution in [0.4, 0.5) is 11.4 Å². The second kappa shape index (κ2) is 16.3. The van der Waals surface area contributed by atoms with E-state index in [0.29, 0.717) is 5.76 Å². The van der Waals surface area contributed by atoms with E-state index in [4.69, 9.17) is 23.4 Å². The number of ether oxygens (including phenoxy) is 4. The van der Waals surface area contributed by atoms with Crippen molar-refractivity contribution in [3.63, 3.8) is 0 Å². The number of carbonyl (C=O) groups excluding carboxylic acids is 4. The molecule has 0 bridgehead atoms. The van der Waals surface area contributed by atoms with E-state index in [1.807, 2.05) is 18.3 Å². The second-order valence-electron chi connectivity index (χ2n) is 13.0. The number of esters is 4. The zero-order valence-electron chi connectivity index (χ0n) is 29.5. The highest BCUT2D eigenvalue weighted by Crippen LogP contribution is 2.28. The summed E-state index contributed by atoms with van der Waals surface area (Å²) in [6.45, 7) is 7.94. The summed E-state index contributed by atoms with van der Waals surface area (Å²) >= 11 is 0. The molecule has 4 aliphatic rings. The Morgan fingerprint density at radius 3 is 1.98 bits per heavy atom. The average molecular weight is 711 g/mol. The SMILES string of the molecule is CC1(C)OC(=O)C(=C/C(O)=C/C=C/N2CCCc3ccccc32)C(=O)O1.CC1(C)OC(=O)C(=Cc2ccco2)C(=O)O1.c1ccc2c(c1)CCCN2. The number of hydrogen-bond donors (Lipinski definition) is 2. The minimum atomic E-state index is -1.30. The summed E-state index contributed by atoms with van der Waals surface area (Å²) in [6.07, 6.45) is 13.3. The minimum Gasteiger partial charge on any atom is -0.508 e. The number of nitrogens with one attached hydrogen (secondary N) is 1. The van der Waals surface area contributed by atoms with Crippen molar-refractivity contribution in [2.24, 2.45) is 0 Å². The largest absolute Gasteiger partial charge is 0.508 e. The number of furan rings is 1. The zero-order valence-corrected chi connectivity index (χ0v) is 29.5. The van der Waals surface area contributed by atoms with Crippen LogP contribution in [0.2, 0.25) is 0 Å². The molecular weight excluding hydrogens is 668 g/mol. The molecule has 2 fully saturated rings. The number of anilines is 2. The molecule has 2 N–H and O–H groups in total. The molecule has 5 heterocycles. The first kappa shape index (κ1) is 37.2. The molecule has 2 saturated heterocycles. The summed E-state index contributed by atoms with van der Waals surface area (Å²) in [7, 11) is 0. The van der Waals surface area contributed by atoms with E-state index in [1.165, 1.54) is 75.8 Å². The van der Waals surface area contributed by atoms with Gasteiger partial charge in [-0.15, -0.1) is 0 Å². The average Bonchev–Trinajstić information content (AvgIpc) is 3.62. The van der Waals surface area contributed by atoms with Crippen LogP contribution in [-0.4, -0.2) is 53.6 Å². The molecule has 272 valence electrons. The lowest BCUT2D eigenvalue weighted by Crippen LogP contribution is -2.41. The molecule has 0 radical (unpaired) electrons. The van der Waals surface area contributed by atoms with E-state index in [-0.39, 0.29) is 16.9 Å². The molecule has 0 amide bonds. The molecule has 0 atom stereocenters. The third-order valence-corrected chi connectivity index (χ3v) is 7.99. The predicted octanol–water partition coefficient (Wildman–Crippen LogP) is 6.70. The number of rotatable bonds is 4. The van der Waals surface area contributed by atoms with Crippen molar-refractivity contribution in [1.29, 1.82) is 0 Å². The lowest BCUT2D eigenvalue weighted by molar-refractivity contribution is -0.224.